The summed E-state index contributed by atoms with van der Waals surface area (Å²) in [5.41, 5.74) is 0.850. The number of aromatic nitrogens is 2. The molecule has 4 rings (SSSR count). The Bertz CT molecular complexity index is 1070. The molecule has 0 saturated carbocycles. The summed E-state index contributed by atoms with van der Waals surface area (Å²) >= 11 is 7.14. The molecule has 0 radical (unpaired) electrons. The first kappa shape index (κ1) is 19.5. The van der Waals surface area contributed by atoms with E-state index in [2.05, 4.69) is 15.5 Å². The van der Waals surface area contributed by atoms with Gasteiger partial charge in [0.1, 0.15) is 10.8 Å². The largest absolute Gasteiger partial charge is 0.329 e. The van der Waals surface area contributed by atoms with Gasteiger partial charge in [-0.05, 0) is 49.2 Å². The summed E-state index contributed by atoms with van der Waals surface area (Å²) in [5, 5.41) is 12.0. The molecule has 0 bridgehead atoms. The number of benzene rings is 2. The number of carbonyl (C=O) groups is 2. The van der Waals surface area contributed by atoms with E-state index < -0.39 is 11.7 Å². The van der Waals surface area contributed by atoms with Crippen LogP contribution < -0.4 is 5.32 Å². The van der Waals surface area contributed by atoms with E-state index in [0.717, 1.165) is 24.2 Å². The average molecular weight is 431 g/mol. The predicted octanol–water partition coefficient (Wildman–Crippen LogP) is 4.56. The molecule has 0 aliphatic carbocycles. The van der Waals surface area contributed by atoms with Gasteiger partial charge in [-0.15, -0.1) is 10.2 Å². The minimum atomic E-state index is -0.468. The van der Waals surface area contributed by atoms with E-state index in [1.54, 1.807) is 35.2 Å². The van der Waals surface area contributed by atoms with Gasteiger partial charge in [-0.2, -0.15) is 0 Å². The fourth-order valence-corrected chi connectivity index (χ4v) is 4.34. The van der Waals surface area contributed by atoms with E-state index in [1.807, 2.05) is 0 Å². The summed E-state index contributed by atoms with van der Waals surface area (Å²) in [6.07, 6.45) is 1.58. The van der Waals surface area contributed by atoms with Gasteiger partial charge < -0.3 is 10.2 Å². The number of rotatable bonds is 4. The van der Waals surface area contributed by atoms with E-state index >= 15 is 0 Å². The van der Waals surface area contributed by atoms with Crippen LogP contribution in [0, 0.1) is 5.82 Å². The van der Waals surface area contributed by atoms with Gasteiger partial charge in [0.05, 0.1) is 6.04 Å². The summed E-state index contributed by atoms with van der Waals surface area (Å²) in [6.45, 7) is 0.598. The molecular formula is C20H16ClFN4O2S. The number of likely N-dealkylation sites (tertiary alicyclic amines) is 1. The van der Waals surface area contributed by atoms with Crippen LogP contribution in [0.4, 0.5) is 10.1 Å². The van der Waals surface area contributed by atoms with E-state index in [-0.39, 0.29) is 17.0 Å². The molecule has 1 aliphatic rings. The topological polar surface area (TPSA) is 75.2 Å². The summed E-state index contributed by atoms with van der Waals surface area (Å²) in [7, 11) is 0. The summed E-state index contributed by atoms with van der Waals surface area (Å²) < 4.78 is 13.3. The smallest absolute Gasteiger partial charge is 0.286 e. The highest BCUT2D eigenvalue weighted by Crippen LogP contribution is 2.35. The lowest BCUT2D eigenvalue weighted by atomic mass is 10.1. The van der Waals surface area contributed by atoms with Crippen molar-refractivity contribution in [2.24, 2.45) is 0 Å². The molecule has 6 nitrogen and oxygen atoms in total. The summed E-state index contributed by atoms with van der Waals surface area (Å²) in [5.74, 6) is -1.04. The first-order valence-electron chi connectivity index (χ1n) is 8.98. The second-order valence-electron chi connectivity index (χ2n) is 6.58. The van der Waals surface area contributed by atoms with Crippen molar-refractivity contribution in [2.75, 3.05) is 11.9 Å². The number of amides is 2. The fraction of sp³-hybridized carbons (Fsp3) is 0.200. The molecule has 1 saturated heterocycles. The van der Waals surface area contributed by atoms with Crippen LogP contribution in [0.15, 0.2) is 48.5 Å². The highest BCUT2D eigenvalue weighted by Gasteiger charge is 2.33. The van der Waals surface area contributed by atoms with E-state index in [1.165, 1.54) is 18.2 Å². The lowest BCUT2D eigenvalue weighted by Gasteiger charge is -2.22. The van der Waals surface area contributed by atoms with Crippen LogP contribution in [0.3, 0.4) is 0 Å². The molecule has 1 fully saturated rings. The molecule has 1 aromatic heterocycles. The Morgan fingerprint density at radius 2 is 2.00 bits per heavy atom. The second-order valence-corrected chi connectivity index (χ2v) is 8.02. The Kier molecular flexibility index (Phi) is 5.55. The number of hydrogen-bond donors (Lipinski definition) is 1. The number of hydrogen-bond acceptors (Lipinski definition) is 5. The first-order valence-corrected chi connectivity index (χ1v) is 10.2. The number of nitrogens with zero attached hydrogens (tertiary/aromatic N) is 3. The SMILES string of the molecule is O=C(Nc1cccc(F)c1)c1nnc([C@H]2CCCN2C(=O)c2cccc(Cl)c2)s1. The second kappa shape index (κ2) is 8.26. The van der Waals surface area contributed by atoms with Gasteiger partial charge in [-0.25, -0.2) is 4.39 Å². The standard InChI is InChI=1S/C20H16ClFN4O2S/c21-13-5-1-4-12(10-13)20(28)26-9-3-8-16(26)18-24-25-19(29-18)17(27)23-15-7-2-6-14(22)11-15/h1-2,4-7,10-11,16H,3,8-9H2,(H,23,27)/t16-/m1/s1. The molecule has 29 heavy (non-hydrogen) atoms. The van der Waals surface area contributed by atoms with Gasteiger partial charge >= 0.3 is 0 Å². The molecule has 2 amide bonds. The van der Waals surface area contributed by atoms with Crippen molar-refractivity contribution < 1.29 is 14.0 Å². The third kappa shape index (κ3) is 4.28. The molecule has 2 heterocycles. The summed E-state index contributed by atoms with van der Waals surface area (Å²) in [6, 6.07) is 12.2. The van der Waals surface area contributed by atoms with Crippen molar-refractivity contribution in [2.45, 2.75) is 18.9 Å². The molecule has 3 aromatic rings. The average Bonchev–Trinajstić information content (AvgIpc) is 3.37. The van der Waals surface area contributed by atoms with Crippen molar-refractivity contribution in [3.05, 3.63) is 74.9 Å². The fourth-order valence-electron chi connectivity index (χ4n) is 3.27. The quantitative estimate of drug-likeness (QED) is 0.658. The molecule has 1 N–H and O–H groups in total. The zero-order valence-corrected chi connectivity index (χ0v) is 16.7. The third-order valence-electron chi connectivity index (χ3n) is 4.59. The highest BCUT2D eigenvalue weighted by molar-refractivity contribution is 7.13. The van der Waals surface area contributed by atoms with Crippen LogP contribution in [0.2, 0.25) is 5.02 Å². The molecule has 2 aromatic carbocycles. The minimum Gasteiger partial charge on any atom is -0.329 e. The Hall–Kier alpha value is -2.84. The van der Waals surface area contributed by atoms with Gasteiger partial charge in [0.25, 0.3) is 11.8 Å². The molecule has 1 atom stereocenters. The molecular weight excluding hydrogens is 415 g/mol. The summed E-state index contributed by atoms with van der Waals surface area (Å²) in [4.78, 5) is 27.0. The van der Waals surface area contributed by atoms with Gasteiger partial charge in [-0.1, -0.05) is 35.1 Å². The Morgan fingerprint density at radius 3 is 2.79 bits per heavy atom. The lowest BCUT2D eigenvalue weighted by molar-refractivity contribution is 0.0735. The van der Waals surface area contributed by atoms with Crippen LogP contribution in [0.1, 0.15) is 44.1 Å². The van der Waals surface area contributed by atoms with Crippen LogP contribution in [0.25, 0.3) is 0 Å². The molecule has 9 heteroatoms. The zero-order chi connectivity index (χ0) is 20.4. The van der Waals surface area contributed by atoms with E-state index in [9.17, 15) is 14.0 Å². The van der Waals surface area contributed by atoms with Crippen molar-refractivity contribution in [1.82, 2.24) is 15.1 Å². The Labute approximate surface area is 175 Å². The van der Waals surface area contributed by atoms with Gasteiger partial charge in [-0.3, -0.25) is 9.59 Å². The van der Waals surface area contributed by atoms with Crippen molar-refractivity contribution in [1.29, 1.82) is 0 Å². The number of anilines is 1. The van der Waals surface area contributed by atoms with Crippen LogP contribution in [0.5, 0.6) is 0 Å². The zero-order valence-electron chi connectivity index (χ0n) is 15.1. The highest BCUT2D eigenvalue weighted by atomic mass is 35.5. The Morgan fingerprint density at radius 1 is 1.17 bits per heavy atom. The maximum Gasteiger partial charge on any atom is 0.286 e. The van der Waals surface area contributed by atoms with E-state index in [0.29, 0.717) is 27.8 Å². The number of nitrogens with one attached hydrogen (secondary N) is 1. The Balaban J connectivity index is 1.50. The molecule has 1 aliphatic heterocycles. The van der Waals surface area contributed by atoms with Crippen LogP contribution in [-0.2, 0) is 0 Å². The van der Waals surface area contributed by atoms with Crippen molar-refractivity contribution in [3.8, 4) is 0 Å². The van der Waals surface area contributed by atoms with Crippen LogP contribution >= 0.6 is 22.9 Å². The first-order chi connectivity index (χ1) is 14.0. The maximum atomic E-state index is 13.3. The van der Waals surface area contributed by atoms with Gasteiger partial charge in [0.15, 0.2) is 0 Å². The number of carbonyl (C=O) groups excluding carboxylic acids is 2. The molecule has 148 valence electrons. The normalized spacial score (nSPS) is 16.1. The molecule has 0 unspecified atom stereocenters. The number of halogens is 2. The molecule has 0 spiro atoms. The maximum absolute atomic E-state index is 13.3. The van der Waals surface area contributed by atoms with Gasteiger partial charge in [0, 0.05) is 22.8 Å². The predicted molar refractivity (Wildman–Crippen MR) is 109 cm³/mol. The minimum absolute atomic E-state index is 0.129. The van der Waals surface area contributed by atoms with Crippen molar-refractivity contribution >= 4 is 40.4 Å². The monoisotopic (exact) mass is 430 g/mol. The van der Waals surface area contributed by atoms with E-state index in [4.69, 9.17) is 11.6 Å². The third-order valence-corrected chi connectivity index (χ3v) is 5.85. The van der Waals surface area contributed by atoms with Crippen molar-refractivity contribution in [3.63, 3.8) is 0 Å². The van der Waals surface area contributed by atoms with Crippen LogP contribution in [-0.4, -0.2) is 33.5 Å². The van der Waals surface area contributed by atoms with Gasteiger partial charge in [0.2, 0.25) is 5.01 Å². The lowest BCUT2D eigenvalue weighted by Crippen LogP contribution is -2.30.